The fourth-order valence-corrected chi connectivity index (χ4v) is 2.35. The van der Waals surface area contributed by atoms with Gasteiger partial charge in [-0.2, -0.15) is 0 Å². The molecule has 0 radical (unpaired) electrons. The lowest BCUT2D eigenvalue weighted by Gasteiger charge is -2.07. The lowest BCUT2D eigenvalue weighted by molar-refractivity contribution is 0.0594. The third-order valence-electron chi connectivity index (χ3n) is 3.20. The van der Waals surface area contributed by atoms with E-state index in [1.165, 1.54) is 31.5 Å². The number of aromatic nitrogens is 2. The Kier molecular flexibility index (Phi) is 3.73. The zero-order valence-corrected chi connectivity index (χ0v) is 12.3. The van der Waals surface area contributed by atoms with E-state index in [2.05, 4.69) is 14.7 Å². The van der Waals surface area contributed by atoms with Crippen molar-refractivity contribution in [3.05, 3.63) is 59.3 Å². The van der Waals surface area contributed by atoms with Crippen LogP contribution in [0.2, 0.25) is 5.15 Å². The van der Waals surface area contributed by atoms with Gasteiger partial charge in [-0.3, -0.25) is 0 Å². The fourth-order valence-electron chi connectivity index (χ4n) is 2.09. The largest absolute Gasteiger partial charge is 0.464 e. The number of rotatable bonds is 2. The third kappa shape index (κ3) is 2.63. The molecule has 0 aliphatic carbocycles. The summed E-state index contributed by atoms with van der Waals surface area (Å²) in [5.74, 6) is -0.861. The third-order valence-corrected chi connectivity index (χ3v) is 3.49. The zero-order valence-electron chi connectivity index (χ0n) is 11.5. The molecule has 0 saturated carbocycles. The summed E-state index contributed by atoms with van der Waals surface area (Å²) in [6.07, 6.45) is 1.53. The molecule has 0 atom stereocenters. The Labute approximate surface area is 130 Å². The molecule has 0 bridgehead atoms. The highest BCUT2D eigenvalue weighted by Crippen LogP contribution is 2.29. The van der Waals surface area contributed by atoms with Gasteiger partial charge in [-0.15, -0.1) is 0 Å². The van der Waals surface area contributed by atoms with Crippen molar-refractivity contribution in [2.24, 2.45) is 0 Å². The normalized spacial score (nSPS) is 10.7. The van der Waals surface area contributed by atoms with Gasteiger partial charge in [-0.25, -0.2) is 19.2 Å². The zero-order chi connectivity index (χ0) is 15.7. The molecular formula is C16H10ClFN2O2. The van der Waals surface area contributed by atoms with Crippen LogP contribution in [0.1, 0.15) is 10.5 Å². The monoisotopic (exact) mass is 316 g/mol. The van der Waals surface area contributed by atoms with E-state index >= 15 is 0 Å². The first-order chi connectivity index (χ1) is 10.6. The summed E-state index contributed by atoms with van der Waals surface area (Å²) in [4.78, 5) is 19.8. The van der Waals surface area contributed by atoms with E-state index in [0.29, 0.717) is 11.1 Å². The standard InChI is InChI=1S/C16H10ClFN2O2/c1-22-16(21)14-7-13-10(8-19-14)6-12(15(17)20-13)9-2-4-11(18)5-3-9/h2-8H,1H3. The molecule has 0 spiro atoms. The molecule has 3 rings (SSSR count). The van der Waals surface area contributed by atoms with Crippen LogP contribution in [0.25, 0.3) is 22.0 Å². The second-order valence-corrected chi connectivity index (χ2v) is 4.95. The van der Waals surface area contributed by atoms with Crippen molar-refractivity contribution in [3.63, 3.8) is 0 Å². The molecule has 0 N–H and O–H groups in total. The summed E-state index contributed by atoms with van der Waals surface area (Å²) < 4.78 is 17.6. The molecule has 1 aromatic carbocycles. The molecule has 110 valence electrons. The summed E-state index contributed by atoms with van der Waals surface area (Å²) in [5.41, 5.74) is 2.11. The summed E-state index contributed by atoms with van der Waals surface area (Å²) in [6.45, 7) is 0. The molecule has 0 aliphatic heterocycles. The maximum atomic E-state index is 13.0. The van der Waals surface area contributed by atoms with E-state index in [1.54, 1.807) is 18.2 Å². The molecule has 0 saturated heterocycles. The minimum Gasteiger partial charge on any atom is -0.464 e. The van der Waals surface area contributed by atoms with Gasteiger partial charge in [0.05, 0.1) is 12.6 Å². The molecule has 0 aliphatic rings. The van der Waals surface area contributed by atoms with Crippen LogP contribution >= 0.6 is 11.6 Å². The van der Waals surface area contributed by atoms with Crippen LogP contribution in [-0.2, 0) is 4.74 Å². The van der Waals surface area contributed by atoms with Gasteiger partial charge in [0, 0.05) is 17.1 Å². The van der Waals surface area contributed by atoms with Crippen molar-refractivity contribution in [2.75, 3.05) is 7.11 Å². The van der Waals surface area contributed by atoms with Crippen molar-refractivity contribution in [1.29, 1.82) is 0 Å². The molecule has 3 aromatic rings. The van der Waals surface area contributed by atoms with Crippen molar-refractivity contribution in [2.45, 2.75) is 0 Å². The van der Waals surface area contributed by atoms with E-state index in [1.807, 2.05) is 0 Å². The van der Waals surface area contributed by atoms with Gasteiger partial charge < -0.3 is 4.74 Å². The second kappa shape index (κ2) is 5.69. The van der Waals surface area contributed by atoms with Crippen molar-refractivity contribution >= 4 is 28.5 Å². The average molecular weight is 317 g/mol. The number of fused-ring (bicyclic) bond motifs is 1. The molecular weight excluding hydrogens is 307 g/mol. The fraction of sp³-hybridized carbons (Fsp3) is 0.0625. The van der Waals surface area contributed by atoms with Gasteiger partial charge in [0.1, 0.15) is 11.0 Å². The molecule has 6 heteroatoms. The maximum Gasteiger partial charge on any atom is 0.356 e. The number of hydrogen-bond acceptors (Lipinski definition) is 4. The van der Waals surface area contributed by atoms with Gasteiger partial charge in [-0.05, 0) is 29.8 Å². The summed E-state index contributed by atoms with van der Waals surface area (Å²) >= 11 is 6.20. The number of carbonyl (C=O) groups excluding carboxylic acids is 1. The number of esters is 1. The Morgan fingerprint density at radius 3 is 2.64 bits per heavy atom. The van der Waals surface area contributed by atoms with E-state index < -0.39 is 5.97 Å². The van der Waals surface area contributed by atoms with Crippen LogP contribution in [0.3, 0.4) is 0 Å². The van der Waals surface area contributed by atoms with Gasteiger partial charge in [0.2, 0.25) is 0 Å². The first kappa shape index (κ1) is 14.4. The molecule has 2 heterocycles. The Bertz CT molecular complexity index is 866. The SMILES string of the molecule is COC(=O)c1cc2nc(Cl)c(-c3ccc(F)cc3)cc2cn1. The number of ether oxygens (including phenoxy) is 1. The Balaban J connectivity index is 2.13. The van der Waals surface area contributed by atoms with E-state index in [0.717, 1.165) is 10.9 Å². The number of halogens is 2. The van der Waals surface area contributed by atoms with Crippen molar-refractivity contribution < 1.29 is 13.9 Å². The van der Waals surface area contributed by atoms with E-state index in [9.17, 15) is 9.18 Å². The number of hydrogen-bond donors (Lipinski definition) is 0. The minimum absolute atomic E-state index is 0.160. The Morgan fingerprint density at radius 2 is 1.95 bits per heavy atom. The Morgan fingerprint density at radius 1 is 1.23 bits per heavy atom. The number of carbonyl (C=O) groups is 1. The van der Waals surface area contributed by atoms with Gasteiger partial charge >= 0.3 is 5.97 Å². The summed E-state index contributed by atoms with van der Waals surface area (Å²) in [5, 5.41) is 0.984. The number of pyridine rings is 2. The maximum absolute atomic E-state index is 13.0. The van der Waals surface area contributed by atoms with Gasteiger partial charge in [0.15, 0.2) is 5.69 Å². The highest BCUT2D eigenvalue weighted by molar-refractivity contribution is 6.32. The summed E-state index contributed by atoms with van der Waals surface area (Å²) in [6, 6.07) is 9.27. The van der Waals surface area contributed by atoms with Crippen molar-refractivity contribution in [3.8, 4) is 11.1 Å². The number of nitrogens with zero attached hydrogens (tertiary/aromatic N) is 2. The van der Waals surface area contributed by atoms with Gasteiger partial charge in [-0.1, -0.05) is 23.7 Å². The van der Waals surface area contributed by atoms with Gasteiger partial charge in [0.25, 0.3) is 0 Å². The first-order valence-corrected chi connectivity index (χ1v) is 6.77. The topological polar surface area (TPSA) is 52.1 Å². The van der Waals surface area contributed by atoms with Crippen LogP contribution < -0.4 is 0 Å². The highest BCUT2D eigenvalue weighted by atomic mass is 35.5. The minimum atomic E-state index is -0.539. The lowest BCUT2D eigenvalue weighted by Crippen LogP contribution is -2.04. The Hall–Kier alpha value is -2.53. The number of methoxy groups -OCH3 is 1. The molecule has 0 fully saturated rings. The van der Waals surface area contributed by atoms with E-state index in [4.69, 9.17) is 11.6 Å². The average Bonchev–Trinajstić information content (AvgIpc) is 2.54. The molecule has 0 amide bonds. The van der Waals surface area contributed by atoms with Crippen LogP contribution in [0.15, 0.2) is 42.6 Å². The van der Waals surface area contributed by atoms with Crippen molar-refractivity contribution in [1.82, 2.24) is 9.97 Å². The molecule has 2 aromatic heterocycles. The molecule has 4 nitrogen and oxygen atoms in total. The van der Waals surface area contributed by atoms with Crippen LogP contribution in [0.4, 0.5) is 4.39 Å². The molecule has 22 heavy (non-hydrogen) atoms. The molecule has 0 unspecified atom stereocenters. The smallest absolute Gasteiger partial charge is 0.356 e. The van der Waals surface area contributed by atoms with Crippen LogP contribution in [-0.4, -0.2) is 23.0 Å². The summed E-state index contributed by atoms with van der Waals surface area (Å²) in [7, 11) is 1.28. The predicted octanol–water partition coefficient (Wildman–Crippen LogP) is 3.88. The van der Waals surface area contributed by atoms with Crippen LogP contribution in [0, 0.1) is 5.82 Å². The van der Waals surface area contributed by atoms with E-state index in [-0.39, 0.29) is 16.7 Å². The quantitative estimate of drug-likeness (QED) is 0.532. The lowest BCUT2D eigenvalue weighted by atomic mass is 10.1. The second-order valence-electron chi connectivity index (χ2n) is 4.59. The highest BCUT2D eigenvalue weighted by Gasteiger charge is 2.12. The predicted molar refractivity (Wildman–Crippen MR) is 81.3 cm³/mol. The van der Waals surface area contributed by atoms with Crippen LogP contribution in [0.5, 0.6) is 0 Å². The number of benzene rings is 1. The first-order valence-electron chi connectivity index (χ1n) is 6.39.